The summed E-state index contributed by atoms with van der Waals surface area (Å²) in [5.41, 5.74) is 2.85. The van der Waals surface area contributed by atoms with E-state index in [1.165, 1.54) is 12.1 Å². The zero-order valence-corrected chi connectivity index (χ0v) is 9.34. The Balaban J connectivity index is 2.16. The molecular weight excluding hydrogens is 225 g/mol. The van der Waals surface area contributed by atoms with E-state index in [4.69, 9.17) is 11.6 Å². The van der Waals surface area contributed by atoms with Crippen LogP contribution in [0.1, 0.15) is 5.56 Å². The third kappa shape index (κ3) is 2.74. The van der Waals surface area contributed by atoms with Gasteiger partial charge in [-0.2, -0.15) is 0 Å². The standard InChI is InChI=1S/C13H11ClFN/c14-9-10-2-1-3-13(8-10)16-12-6-4-11(15)5-7-12/h1-8,16H,9H2. The van der Waals surface area contributed by atoms with Crippen LogP contribution in [0.2, 0.25) is 0 Å². The number of halogens is 2. The summed E-state index contributed by atoms with van der Waals surface area (Å²) in [6, 6.07) is 14.1. The number of hydrogen-bond donors (Lipinski definition) is 1. The van der Waals surface area contributed by atoms with Crippen molar-refractivity contribution in [2.75, 3.05) is 5.32 Å². The van der Waals surface area contributed by atoms with Crippen LogP contribution in [-0.4, -0.2) is 0 Å². The summed E-state index contributed by atoms with van der Waals surface area (Å²) < 4.78 is 12.7. The van der Waals surface area contributed by atoms with E-state index in [0.717, 1.165) is 16.9 Å². The fourth-order valence-corrected chi connectivity index (χ4v) is 1.60. The molecule has 3 heteroatoms. The molecule has 0 unspecified atom stereocenters. The molecule has 0 spiro atoms. The fourth-order valence-electron chi connectivity index (χ4n) is 1.43. The first-order chi connectivity index (χ1) is 7.78. The molecule has 0 fully saturated rings. The number of hydrogen-bond acceptors (Lipinski definition) is 1. The maximum Gasteiger partial charge on any atom is 0.123 e. The molecule has 16 heavy (non-hydrogen) atoms. The smallest absolute Gasteiger partial charge is 0.123 e. The summed E-state index contributed by atoms with van der Waals surface area (Å²) in [5.74, 6) is 0.249. The maximum atomic E-state index is 12.7. The maximum absolute atomic E-state index is 12.7. The zero-order valence-electron chi connectivity index (χ0n) is 8.58. The van der Waals surface area contributed by atoms with Gasteiger partial charge in [-0.15, -0.1) is 11.6 Å². The van der Waals surface area contributed by atoms with Crippen LogP contribution in [0.4, 0.5) is 15.8 Å². The predicted octanol–water partition coefficient (Wildman–Crippen LogP) is 4.31. The van der Waals surface area contributed by atoms with Crippen LogP contribution in [-0.2, 0) is 5.88 Å². The third-order valence-corrected chi connectivity index (χ3v) is 2.52. The van der Waals surface area contributed by atoms with Crippen molar-refractivity contribution in [1.29, 1.82) is 0 Å². The number of nitrogens with one attached hydrogen (secondary N) is 1. The Morgan fingerprint density at radius 1 is 1.00 bits per heavy atom. The molecule has 2 aromatic rings. The Bertz CT molecular complexity index is 468. The van der Waals surface area contributed by atoms with Gasteiger partial charge >= 0.3 is 0 Å². The van der Waals surface area contributed by atoms with Crippen LogP contribution in [0.5, 0.6) is 0 Å². The van der Waals surface area contributed by atoms with Crippen molar-refractivity contribution in [1.82, 2.24) is 0 Å². The molecule has 0 aliphatic carbocycles. The van der Waals surface area contributed by atoms with E-state index in [1.54, 1.807) is 12.1 Å². The van der Waals surface area contributed by atoms with Crippen molar-refractivity contribution < 1.29 is 4.39 Å². The van der Waals surface area contributed by atoms with E-state index in [9.17, 15) is 4.39 Å². The van der Waals surface area contributed by atoms with E-state index in [0.29, 0.717) is 5.88 Å². The quantitative estimate of drug-likeness (QED) is 0.782. The molecule has 0 heterocycles. The highest BCUT2D eigenvalue weighted by atomic mass is 35.5. The van der Waals surface area contributed by atoms with E-state index < -0.39 is 0 Å². The molecule has 0 radical (unpaired) electrons. The Kier molecular flexibility index (Phi) is 3.42. The van der Waals surface area contributed by atoms with Crippen LogP contribution in [0.25, 0.3) is 0 Å². The Morgan fingerprint density at radius 3 is 2.44 bits per heavy atom. The first kappa shape index (κ1) is 11.0. The van der Waals surface area contributed by atoms with Crippen molar-refractivity contribution in [3.8, 4) is 0 Å². The lowest BCUT2D eigenvalue weighted by Crippen LogP contribution is -1.91. The highest BCUT2D eigenvalue weighted by molar-refractivity contribution is 6.17. The van der Waals surface area contributed by atoms with Crippen molar-refractivity contribution in [3.05, 3.63) is 59.9 Å². The molecule has 1 nitrogen and oxygen atoms in total. The van der Waals surface area contributed by atoms with Gasteiger partial charge in [0.25, 0.3) is 0 Å². The molecule has 0 aliphatic heterocycles. The van der Waals surface area contributed by atoms with Gasteiger partial charge in [-0.05, 0) is 42.0 Å². The summed E-state index contributed by atoms with van der Waals surface area (Å²) in [6.07, 6.45) is 0. The van der Waals surface area contributed by atoms with Crippen molar-refractivity contribution >= 4 is 23.0 Å². The molecule has 0 saturated heterocycles. The van der Waals surface area contributed by atoms with E-state index >= 15 is 0 Å². The molecule has 0 aliphatic rings. The van der Waals surface area contributed by atoms with Crippen LogP contribution in [0.15, 0.2) is 48.5 Å². The molecule has 2 rings (SSSR count). The van der Waals surface area contributed by atoms with E-state index in [1.807, 2.05) is 24.3 Å². The van der Waals surface area contributed by atoms with Gasteiger partial charge in [0.1, 0.15) is 5.82 Å². The Hall–Kier alpha value is -1.54. The molecule has 0 bridgehead atoms. The van der Waals surface area contributed by atoms with E-state index in [2.05, 4.69) is 5.32 Å². The molecule has 0 atom stereocenters. The lowest BCUT2D eigenvalue weighted by atomic mass is 10.2. The van der Waals surface area contributed by atoms with Gasteiger partial charge in [-0.1, -0.05) is 12.1 Å². The number of alkyl halides is 1. The van der Waals surface area contributed by atoms with E-state index in [-0.39, 0.29) is 5.82 Å². The monoisotopic (exact) mass is 235 g/mol. The van der Waals surface area contributed by atoms with Gasteiger partial charge in [-0.3, -0.25) is 0 Å². The second kappa shape index (κ2) is 4.99. The minimum atomic E-state index is -0.236. The molecule has 0 saturated carbocycles. The van der Waals surface area contributed by atoms with Gasteiger partial charge in [0.15, 0.2) is 0 Å². The SMILES string of the molecule is Fc1ccc(Nc2cccc(CCl)c2)cc1. The Labute approximate surface area is 98.9 Å². The Morgan fingerprint density at radius 2 is 1.75 bits per heavy atom. The first-order valence-corrected chi connectivity index (χ1v) is 5.49. The summed E-state index contributed by atoms with van der Waals surface area (Å²) in [6.45, 7) is 0. The number of anilines is 2. The van der Waals surface area contributed by atoms with Gasteiger partial charge in [-0.25, -0.2) is 4.39 Å². The zero-order chi connectivity index (χ0) is 11.4. The second-order valence-electron chi connectivity index (χ2n) is 3.47. The minimum Gasteiger partial charge on any atom is -0.356 e. The van der Waals surface area contributed by atoms with Gasteiger partial charge in [0.2, 0.25) is 0 Å². The van der Waals surface area contributed by atoms with Crippen LogP contribution >= 0.6 is 11.6 Å². The van der Waals surface area contributed by atoms with Crippen molar-refractivity contribution in [3.63, 3.8) is 0 Å². The van der Waals surface area contributed by atoms with Gasteiger partial charge in [0, 0.05) is 17.3 Å². The summed E-state index contributed by atoms with van der Waals surface area (Å²) in [7, 11) is 0. The summed E-state index contributed by atoms with van der Waals surface area (Å²) in [5, 5.41) is 3.18. The first-order valence-electron chi connectivity index (χ1n) is 4.95. The second-order valence-corrected chi connectivity index (χ2v) is 3.73. The lowest BCUT2D eigenvalue weighted by molar-refractivity contribution is 0.628. The molecule has 0 amide bonds. The van der Waals surface area contributed by atoms with Gasteiger partial charge in [0.05, 0.1) is 0 Å². The number of rotatable bonds is 3. The van der Waals surface area contributed by atoms with Crippen LogP contribution in [0.3, 0.4) is 0 Å². The average molecular weight is 236 g/mol. The molecule has 2 aromatic carbocycles. The molecule has 0 aromatic heterocycles. The third-order valence-electron chi connectivity index (χ3n) is 2.21. The normalized spacial score (nSPS) is 10.1. The highest BCUT2D eigenvalue weighted by Gasteiger charge is 1.96. The minimum absolute atomic E-state index is 0.236. The summed E-state index contributed by atoms with van der Waals surface area (Å²) in [4.78, 5) is 0. The predicted molar refractivity (Wildman–Crippen MR) is 65.7 cm³/mol. The van der Waals surface area contributed by atoms with Crippen LogP contribution in [0, 0.1) is 5.82 Å². The van der Waals surface area contributed by atoms with Crippen LogP contribution < -0.4 is 5.32 Å². The summed E-state index contributed by atoms with van der Waals surface area (Å²) >= 11 is 5.75. The van der Waals surface area contributed by atoms with Gasteiger partial charge < -0.3 is 5.32 Å². The van der Waals surface area contributed by atoms with Crippen molar-refractivity contribution in [2.24, 2.45) is 0 Å². The highest BCUT2D eigenvalue weighted by Crippen LogP contribution is 2.18. The van der Waals surface area contributed by atoms with Crippen molar-refractivity contribution in [2.45, 2.75) is 5.88 Å². The molecular formula is C13H11ClFN. The lowest BCUT2D eigenvalue weighted by Gasteiger charge is -2.07. The topological polar surface area (TPSA) is 12.0 Å². The molecule has 1 N–H and O–H groups in total. The fraction of sp³-hybridized carbons (Fsp3) is 0.0769. The average Bonchev–Trinajstić information content (AvgIpc) is 2.32. The molecule has 82 valence electrons. The number of benzene rings is 2. The largest absolute Gasteiger partial charge is 0.356 e.